The standard InChI is InChI=1S/C29H27Cl2NO5/c1-4-13-37-21-8-6-7-20(16-21)32-25(18-11-9-17(5-2)10-12-18)24(27(34)29(32)35)26(33)22-14-19(30)15-23(31)28(22)36-3/h6-12,14-16,25,33H,4-5,13H2,1-3H3/b26-24+. The Bertz CT molecular complexity index is 1370. The first kappa shape index (κ1) is 26.6. The number of Topliss-reactive ketones (excluding diaryl/α,β-unsaturated/α-hetero) is 1. The zero-order valence-corrected chi connectivity index (χ0v) is 22.3. The molecule has 0 aliphatic carbocycles. The van der Waals surface area contributed by atoms with Crippen molar-refractivity contribution >= 4 is 46.3 Å². The molecule has 1 heterocycles. The van der Waals surface area contributed by atoms with Crippen molar-refractivity contribution in [2.45, 2.75) is 32.7 Å². The second-order valence-electron chi connectivity index (χ2n) is 8.58. The van der Waals surface area contributed by atoms with Crippen molar-refractivity contribution in [3.8, 4) is 11.5 Å². The number of aryl methyl sites for hydroxylation is 1. The summed E-state index contributed by atoms with van der Waals surface area (Å²) >= 11 is 12.5. The molecule has 0 bridgehead atoms. The lowest BCUT2D eigenvalue weighted by molar-refractivity contribution is -0.132. The van der Waals surface area contributed by atoms with Gasteiger partial charge in [0.15, 0.2) is 0 Å². The third kappa shape index (κ3) is 5.17. The maximum atomic E-state index is 13.5. The fraction of sp³-hybridized carbons (Fsp3) is 0.241. The SMILES string of the molecule is CCCOc1cccc(N2C(=O)C(=O)/C(=C(/O)c3cc(Cl)cc(Cl)c3OC)C2c2ccc(CC)cc2)c1. The van der Waals surface area contributed by atoms with Gasteiger partial charge in [-0.25, -0.2) is 0 Å². The molecule has 0 saturated carbocycles. The van der Waals surface area contributed by atoms with E-state index in [1.165, 1.54) is 24.1 Å². The predicted octanol–water partition coefficient (Wildman–Crippen LogP) is 6.98. The number of carbonyl (C=O) groups is 2. The molecule has 6 nitrogen and oxygen atoms in total. The number of aliphatic hydroxyl groups excluding tert-OH is 1. The summed E-state index contributed by atoms with van der Waals surface area (Å²) in [5, 5.41) is 11.9. The Morgan fingerprint density at radius 3 is 2.41 bits per heavy atom. The van der Waals surface area contributed by atoms with Crippen LogP contribution in [0.25, 0.3) is 5.76 Å². The van der Waals surface area contributed by atoms with Gasteiger partial charge in [-0.2, -0.15) is 0 Å². The molecule has 0 radical (unpaired) electrons. The van der Waals surface area contributed by atoms with Gasteiger partial charge in [0, 0.05) is 16.8 Å². The lowest BCUT2D eigenvalue weighted by Gasteiger charge is -2.26. The Morgan fingerprint density at radius 2 is 1.76 bits per heavy atom. The van der Waals surface area contributed by atoms with Crippen LogP contribution >= 0.6 is 23.2 Å². The summed E-state index contributed by atoms with van der Waals surface area (Å²) in [6.45, 7) is 4.55. The minimum Gasteiger partial charge on any atom is -0.507 e. The highest BCUT2D eigenvalue weighted by molar-refractivity contribution is 6.52. The van der Waals surface area contributed by atoms with E-state index in [1.807, 2.05) is 38.1 Å². The maximum absolute atomic E-state index is 13.5. The smallest absolute Gasteiger partial charge is 0.300 e. The van der Waals surface area contributed by atoms with Crippen molar-refractivity contribution in [1.29, 1.82) is 0 Å². The summed E-state index contributed by atoms with van der Waals surface area (Å²) in [6.07, 6.45) is 1.65. The third-order valence-electron chi connectivity index (χ3n) is 6.18. The number of halogens is 2. The van der Waals surface area contributed by atoms with Crippen LogP contribution in [0.5, 0.6) is 11.5 Å². The number of hydrogen-bond donors (Lipinski definition) is 1. The lowest BCUT2D eigenvalue weighted by atomic mass is 9.94. The number of anilines is 1. The molecule has 1 aliphatic heterocycles. The van der Waals surface area contributed by atoms with Crippen LogP contribution in [0.4, 0.5) is 5.69 Å². The molecule has 4 rings (SSSR count). The van der Waals surface area contributed by atoms with Crippen LogP contribution in [0.1, 0.15) is 43.0 Å². The Hall–Kier alpha value is -3.48. The lowest BCUT2D eigenvalue weighted by Crippen LogP contribution is -2.29. The minimum absolute atomic E-state index is 0.0919. The molecule has 3 aromatic rings. The minimum atomic E-state index is -0.908. The fourth-order valence-corrected chi connectivity index (χ4v) is 4.95. The molecule has 8 heteroatoms. The molecule has 0 aromatic heterocycles. The fourth-order valence-electron chi connectivity index (χ4n) is 4.38. The van der Waals surface area contributed by atoms with Gasteiger partial charge in [-0.1, -0.05) is 67.4 Å². The van der Waals surface area contributed by atoms with Crippen LogP contribution in [-0.2, 0) is 16.0 Å². The van der Waals surface area contributed by atoms with E-state index < -0.39 is 23.5 Å². The Labute approximate surface area is 226 Å². The topological polar surface area (TPSA) is 76.1 Å². The number of benzene rings is 3. The molecule has 3 aromatic carbocycles. The zero-order valence-electron chi connectivity index (χ0n) is 20.8. The van der Waals surface area contributed by atoms with E-state index in [2.05, 4.69) is 0 Å². The van der Waals surface area contributed by atoms with Crippen molar-refractivity contribution in [2.75, 3.05) is 18.6 Å². The van der Waals surface area contributed by atoms with Crippen LogP contribution in [0, 0.1) is 0 Å². The number of aliphatic hydroxyl groups is 1. The van der Waals surface area contributed by atoms with Gasteiger partial charge in [0.2, 0.25) is 0 Å². The molecule has 0 spiro atoms. The van der Waals surface area contributed by atoms with Crippen molar-refractivity contribution in [3.63, 3.8) is 0 Å². The number of hydrogen-bond acceptors (Lipinski definition) is 5. The number of ether oxygens (including phenoxy) is 2. The first-order valence-electron chi connectivity index (χ1n) is 12.0. The Balaban J connectivity index is 1.95. The van der Waals surface area contributed by atoms with Crippen LogP contribution < -0.4 is 14.4 Å². The Morgan fingerprint density at radius 1 is 1.03 bits per heavy atom. The maximum Gasteiger partial charge on any atom is 0.300 e. The average molecular weight is 540 g/mol. The van der Waals surface area contributed by atoms with Crippen molar-refractivity contribution in [1.82, 2.24) is 0 Å². The van der Waals surface area contributed by atoms with Gasteiger partial charge in [0.1, 0.15) is 17.3 Å². The molecule has 1 amide bonds. The molecule has 1 unspecified atom stereocenters. The molecule has 1 aliphatic rings. The summed E-state index contributed by atoms with van der Waals surface area (Å²) in [5.74, 6) is -1.31. The summed E-state index contributed by atoms with van der Waals surface area (Å²) in [7, 11) is 1.40. The number of methoxy groups -OCH3 is 1. The van der Waals surface area contributed by atoms with E-state index in [4.69, 9.17) is 32.7 Å². The van der Waals surface area contributed by atoms with Crippen LogP contribution in [0.15, 0.2) is 66.2 Å². The highest BCUT2D eigenvalue weighted by Crippen LogP contribution is 2.45. The first-order chi connectivity index (χ1) is 17.8. The van der Waals surface area contributed by atoms with Gasteiger partial charge in [0.25, 0.3) is 11.7 Å². The van der Waals surface area contributed by atoms with Gasteiger partial charge >= 0.3 is 0 Å². The second kappa shape index (κ2) is 11.3. The third-order valence-corrected chi connectivity index (χ3v) is 6.68. The number of ketones is 1. The van der Waals surface area contributed by atoms with Crippen molar-refractivity contribution in [2.24, 2.45) is 0 Å². The van der Waals surface area contributed by atoms with Crippen molar-refractivity contribution < 1.29 is 24.2 Å². The summed E-state index contributed by atoms with van der Waals surface area (Å²) in [6, 6.07) is 16.6. The molecule has 1 fully saturated rings. The molecule has 1 atom stereocenters. The van der Waals surface area contributed by atoms with Crippen molar-refractivity contribution in [3.05, 3.63) is 93.0 Å². The molecule has 192 valence electrons. The van der Waals surface area contributed by atoms with E-state index in [9.17, 15) is 14.7 Å². The largest absolute Gasteiger partial charge is 0.507 e. The van der Waals surface area contributed by atoms with Gasteiger partial charge in [-0.05, 0) is 48.2 Å². The van der Waals surface area contributed by atoms with E-state index in [0.29, 0.717) is 23.6 Å². The van der Waals surface area contributed by atoms with Gasteiger partial charge in [-0.15, -0.1) is 0 Å². The van der Waals surface area contributed by atoms with Gasteiger partial charge in [0.05, 0.1) is 35.9 Å². The zero-order chi connectivity index (χ0) is 26.7. The van der Waals surface area contributed by atoms with E-state index >= 15 is 0 Å². The van der Waals surface area contributed by atoms with E-state index in [1.54, 1.807) is 24.3 Å². The molecular formula is C29H27Cl2NO5. The molecule has 1 N–H and O–H groups in total. The molecular weight excluding hydrogens is 513 g/mol. The number of amides is 1. The number of rotatable bonds is 8. The molecule has 37 heavy (non-hydrogen) atoms. The highest BCUT2D eigenvalue weighted by Gasteiger charge is 2.47. The number of nitrogens with zero attached hydrogens (tertiary/aromatic N) is 1. The van der Waals surface area contributed by atoms with Crippen LogP contribution in [0.2, 0.25) is 10.0 Å². The normalized spacial score (nSPS) is 16.8. The summed E-state index contributed by atoms with van der Waals surface area (Å²) in [4.78, 5) is 28.4. The van der Waals surface area contributed by atoms with E-state index in [-0.39, 0.29) is 26.9 Å². The average Bonchev–Trinajstić information content (AvgIpc) is 3.17. The summed E-state index contributed by atoms with van der Waals surface area (Å²) in [5.41, 5.74) is 2.25. The van der Waals surface area contributed by atoms with Gasteiger partial charge < -0.3 is 14.6 Å². The van der Waals surface area contributed by atoms with Gasteiger partial charge in [-0.3, -0.25) is 14.5 Å². The first-order valence-corrected chi connectivity index (χ1v) is 12.7. The molecule has 1 saturated heterocycles. The van der Waals surface area contributed by atoms with Crippen LogP contribution in [0.3, 0.4) is 0 Å². The monoisotopic (exact) mass is 539 g/mol. The second-order valence-corrected chi connectivity index (χ2v) is 9.42. The summed E-state index contributed by atoms with van der Waals surface area (Å²) < 4.78 is 11.2. The Kier molecular flexibility index (Phi) is 8.10. The predicted molar refractivity (Wildman–Crippen MR) is 146 cm³/mol. The number of carbonyl (C=O) groups excluding carboxylic acids is 2. The van der Waals surface area contributed by atoms with Crippen LogP contribution in [-0.4, -0.2) is 30.5 Å². The highest BCUT2D eigenvalue weighted by atomic mass is 35.5. The van der Waals surface area contributed by atoms with E-state index in [0.717, 1.165) is 18.4 Å². The quantitative estimate of drug-likeness (QED) is 0.190.